The number of nitrogens with two attached hydrogens (primary N) is 1. The third kappa shape index (κ3) is 3.26. The second-order valence-electron chi connectivity index (χ2n) is 4.31. The summed E-state index contributed by atoms with van der Waals surface area (Å²) < 4.78 is 26.4. The first-order valence-electron chi connectivity index (χ1n) is 5.77. The molecule has 1 aromatic heterocycles. The molecule has 0 bridgehead atoms. The van der Waals surface area contributed by atoms with Gasteiger partial charge in [0.2, 0.25) is 0 Å². The molecule has 1 fully saturated rings. The number of halogens is 2. The molecule has 2 rings (SSSR count). The van der Waals surface area contributed by atoms with E-state index in [0.29, 0.717) is 6.54 Å². The number of hydrogen-bond donors (Lipinski definition) is 3. The molecular weight excluding hydrogens is 226 g/mol. The van der Waals surface area contributed by atoms with E-state index < -0.39 is 11.6 Å². The van der Waals surface area contributed by atoms with E-state index in [1.165, 1.54) is 12.8 Å². The lowest BCUT2D eigenvalue weighted by Crippen LogP contribution is -2.13. The fraction of sp³-hybridized carbons (Fsp3) is 0.545. The molecule has 0 unspecified atom stereocenters. The van der Waals surface area contributed by atoms with Gasteiger partial charge in [-0.05, 0) is 18.8 Å². The number of anilines is 2. The van der Waals surface area contributed by atoms with Gasteiger partial charge < -0.3 is 10.7 Å². The van der Waals surface area contributed by atoms with E-state index in [-0.39, 0.29) is 11.6 Å². The standard InChI is InChI=1S/C11H16F2N4/c12-8-6-9(13)11(17-14)16-10(8)15-5-1-2-7-3-4-7/h6-7H,1-5,14H2,(H2,15,16,17). The number of nitrogens with one attached hydrogen (secondary N) is 2. The predicted molar refractivity (Wildman–Crippen MR) is 62.4 cm³/mol. The number of pyridine rings is 1. The summed E-state index contributed by atoms with van der Waals surface area (Å²) in [6.45, 7) is 0.635. The molecule has 1 aromatic rings. The van der Waals surface area contributed by atoms with Gasteiger partial charge in [-0.25, -0.2) is 19.6 Å². The molecule has 1 saturated carbocycles. The van der Waals surface area contributed by atoms with Gasteiger partial charge >= 0.3 is 0 Å². The maximum Gasteiger partial charge on any atom is 0.178 e. The molecule has 0 aliphatic heterocycles. The van der Waals surface area contributed by atoms with Crippen molar-refractivity contribution in [2.45, 2.75) is 25.7 Å². The molecule has 0 saturated heterocycles. The van der Waals surface area contributed by atoms with Crippen LogP contribution in [0, 0.1) is 17.6 Å². The second-order valence-corrected chi connectivity index (χ2v) is 4.31. The van der Waals surface area contributed by atoms with E-state index >= 15 is 0 Å². The lowest BCUT2D eigenvalue weighted by Gasteiger charge is -2.09. The quantitative estimate of drug-likeness (QED) is 0.407. The molecule has 4 N–H and O–H groups in total. The SMILES string of the molecule is NNc1nc(NCCCC2CC2)c(F)cc1F. The first-order chi connectivity index (χ1) is 8.20. The highest BCUT2D eigenvalue weighted by Gasteiger charge is 2.20. The molecule has 6 heteroatoms. The first-order valence-corrected chi connectivity index (χ1v) is 5.77. The molecular formula is C11H16F2N4. The summed E-state index contributed by atoms with van der Waals surface area (Å²) in [7, 11) is 0. The van der Waals surface area contributed by atoms with Crippen LogP contribution in [0.1, 0.15) is 25.7 Å². The molecule has 0 aromatic carbocycles. The Bertz CT molecular complexity index is 393. The van der Waals surface area contributed by atoms with Gasteiger partial charge in [0.05, 0.1) is 0 Å². The van der Waals surface area contributed by atoms with Crippen LogP contribution in [-0.2, 0) is 0 Å². The number of nitrogens with zero attached hydrogens (tertiary/aromatic N) is 1. The average Bonchev–Trinajstić information content (AvgIpc) is 3.10. The lowest BCUT2D eigenvalue weighted by molar-refractivity contribution is 0.577. The summed E-state index contributed by atoms with van der Waals surface area (Å²) >= 11 is 0. The fourth-order valence-corrected chi connectivity index (χ4v) is 1.70. The Kier molecular flexibility index (Phi) is 3.73. The zero-order chi connectivity index (χ0) is 12.3. The van der Waals surface area contributed by atoms with E-state index in [4.69, 9.17) is 5.84 Å². The molecule has 4 nitrogen and oxygen atoms in total. The Morgan fingerprint density at radius 2 is 2.00 bits per heavy atom. The highest BCUT2D eigenvalue weighted by Crippen LogP contribution is 2.33. The van der Waals surface area contributed by atoms with Gasteiger partial charge in [0, 0.05) is 12.6 Å². The Morgan fingerprint density at radius 1 is 1.29 bits per heavy atom. The van der Waals surface area contributed by atoms with E-state index in [1.807, 2.05) is 0 Å². The molecule has 94 valence electrons. The minimum atomic E-state index is -0.798. The minimum absolute atomic E-state index is 0.0372. The van der Waals surface area contributed by atoms with Crippen molar-refractivity contribution >= 4 is 11.6 Å². The maximum absolute atomic E-state index is 13.3. The lowest BCUT2D eigenvalue weighted by atomic mass is 10.2. The Morgan fingerprint density at radius 3 is 2.65 bits per heavy atom. The minimum Gasteiger partial charge on any atom is -0.368 e. The van der Waals surface area contributed by atoms with Crippen molar-refractivity contribution in [1.82, 2.24) is 4.98 Å². The van der Waals surface area contributed by atoms with Crippen molar-refractivity contribution in [3.8, 4) is 0 Å². The van der Waals surface area contributed by atoms with Crippen LogP contribution < -0.4 is 16.6 Å². The monoisotopic (exact) mass is 242 g/mol. The summed E-state index contributed by atoms with van der Waals surface area (Å²) in [6, 6.07) is 0.769. The van der Waals surface area contributed by atoms with Crippen LogP contribution in [0.3, 0.4) is 0 Å². The van der Waals surface area contributed by atoms with Gasteiger partial charge in [0.25, 0.3) is 0 Å². The van der Waals surface area contributed by atoms with Crippen LogP contribution in [0.5, 0.6) is 0 Å². The maximum atomic E-state index is 13.3. The largest absolute Gasteiger partial charge is 0.368 e. The van der Waals surface area contributed by atoms with Crippen molar-refractivity contribution in [2.24, 2.45) is 11.8 Å². The normalized spacial score (nSPS) is 14.8. The summed E-state index contributed by atoms with van der Waals surface area (Å²) in [6.07, 6.45) is 4.74. The molecule has 1 aliphatic carbocycles. The molecule has 0 amide bonds. The Labute approximate surface area is 98.6 Å². The number of hydrogen-bond acceptors (Lipinski definition) is 4. The van der Waals surface area contributed by atoms with Crippen LogP contribution in [0.4, 0.5) is 20.4 Å². The fourth-order valence-electron chi connectivity index (χ4n) is 1.70. The van der Waals surface area contributed by atoms with Gasteiger partial charge in [-0.1, -0.05) is 12.8 Å². The number of rotatable bonds is 6. The third-order valence-corrected chi connectivity index (χ3v) is 2.84. The summed E-state index contributed by atoms with van der Waals surface area (Å²) in [5, 5.41) is 2.85. The number of aromatic nitrogens is 1. The van der Waals surface area contributed by atoms with Crippen LogP contribution in [-0.4, -0.2) is 11.5 Å². The van der Waals surface area contributed by atoms with Crippen LogP contribution in [0.2, 0.25) is 0 Å². The molecule has 1 heterocycles. The molecule has 17 heavy (non-hydrogen) atoms. The number of hydrazine groups is 1. The third-order valence-electron chi connectivity index (χ3n) is 2.84. The van der Waals surface area contributed by atoms with Gasteiger partial charge in [0.1, 0.15) is 0 Å². The van der Waals surface area contributed by atoms with Crippen molar-refractivity contribution < 1.29 is 8.78 Å². The van der Waals surface area contributed by atoms with Crippen LogP contribution >= 0.6 is 0 Å². The zero-order valence-electron chi connectivity index (χ0n) is 9.47. The Hall–Kier alpha value is -1.43. The van der Waals surface area contributed by atoms with Crippen molar-refractivity contribution in [2.75, 3.05) is 17.3 Å². The average molecular weight is 242 g/mol. The molecule has 0 spiro atoms. The topological polar surface area (TPSA) is 63.0 Å². The van der Waals surface area contributed by atoms with Crippen molar-refractivity contribution in [3.63, 3.8) is 0 Å². The molecule has 0 radical (unpaired) electrons. The zero-order valence-corrected chi connectivity index (χ0v) is 9.47. The summed E-state index contributed by atoms with van der Waals surface area (Å²) in [5.41, 5.74) is 2.09. The smallest absolute Gasteiger partial charge is 0.178 e. The molecule has 1 aliphatic rings. The van der Waals surface area contributed by atoms with Crippen molar-refractivity contribution in [1.29, 1.82) is 0 Å². The number of nitrogen functional groups attached to an aromatic ring is 1. The summed E-state index contributed by atoms with van der Waals surface area (Å²) in [4.78, 5) is 3.73. The van der Waals surface area contributed by atoms with Gasteiger partial charge in [0.15, 0.2) is 23.3 Å². The van der Waals surface area contributed by atoms with E-state index in [1.54, 1.807) is 0 Å². The van der Waals surface area contributed by atoms with Crippen molar-refractivity contribution in [3.05, 3.63) is 17.7 Å². The highest BCUT2D eigenvalue weighted by atomic mass is 19.1. The van der Waals surface area contributed by atoms with Gasteiger partial charge in [-0.3, -0.25) is 0 Å². The Balaban J connectivity index is 1.89. The second kappa shape index (κ2) is 5.27. The van der Waals surface area contributed by atoms with E-state index in [9.17, 15) is 8.78 Å². The summed E-state index contributed by atoms with van der Waals surface area (Å²) in [5.74, 6) is 4.30. The van der Waals surface area contributed by atoms with Gasteiger partial charge in [-0.15, -0.1) is 0 Å². The molecule has 0 atom stereocenters. The van der Waals surface area contributed by atoms with Gasteiger partial charge in [-0.2, -0.15) is 0 Å². The van der Waals surface area contributed by atoms with E-state index in [2.05, 4.69) is 15.7 Å². The first kappa shape index (κ1) is 12.0. The highest BCUT2D eigenvalue weighted by molar-refractivity contribution is 5.46. The van der Waals surface area contributed by atoms with Crippen LogP contribution in [0.25, 0.3) is 0 Å². The van der Waals surface area contributed by atoms with E-state index in [0.717, 1.165) is 24.8 Å². The van der Waals surface area contributed by atoms with Crippen LogP contribution in [0.15, 0.2) is 6.07 Å². The predicted octanol–water partition coefficient (Wildman–Crippen LogP) is 2.25.